The van der Waals surface area contributed by atoms with Gasteiger partial charge in [-0.05, 0) is 13.3 Å². The van der Waals surface area contributed by atoms with Crippen LogP contribution in [0.1, 0.15) is 19.8 Å². The standard InChI is InChI=1S/C6H9I/c1-2-3-4-5-6-7/h4-6H2,1H3. The van der Waals surface area contributed by atoms with Gasteiger partial charge in [0.15, 0.2) is 0 Å². The van der Waals surface area contributed by atoms with Crippen molar-refractivity contribution in [3.63, 3.8) is 0 Å². The molecule has 0 saturated heterocycles. The average molecular weight is 208 g/mol. The third-order valence-corrected chi connectivity index (χ3v) is 1.37. The summed E-state index contributed by atoms with van der Waals surface area (Å²) in [7, 11) is 0. The Morgan fingerprint density at radius 3 is 2.71 bits per heavy atom. The number of hydrogen-bond donors (Lipinski definition) is 0. The lowest BCUT2D eigenvalue weighted by molar-refractivity contribution is 1.01. The van der Waals surface area contributed by atoms with Crippen LogP contribution in [0.4, 0.5) is 0 Å². The highest BCUT2D eigenvalue weighted by Gasteiger charge is 1.74. The number of rotatable bonds is 2. The molecule has 0 nitrogen and oxygen atoms in total. The summed E-state index contributed by atoms with van der Waals surface area (Å²) < 4.78 is 1.23. The van der Waals surface area contributed by atoms with Crippen LogP contribution in [0, 0.1) is 11.8 Å². The summed E-state index contributed by atoms with van der Waals surface area (Å²) in [6, 6.07) is 0. The maximum absolute atomic E-state index is 2.99. The van der Waals surface area contributed by atoms with Gasteiger partial charge in [0.05, 0.1) is 0 Å². The first kappa shape index (κ1) is 7.29. The minimum atomic E-state index is 1.07. The number of unbranched alkanes of at least 4 members (excludes halogenated alkanes) is 1. The molecular weight excluding hydrogens is 199 g/mol. The Morgan fingerprint density at radius 1 is 1.57 bits per heavy atom. The van der Waals surface area contributed by atoms with Crippen molar-refractivity contribution in [3.8, 4) is 11.8 Å². The van der Waals surface area contributed by atoms with Crippen molar-refractivity contribution < 1.29 is 0 Å². The van der Waals surface area contributed by atoms with Crippen LogP contribution in [0.2, 0.25) is 0 Å². The highest BCUT2D eigenvalue weighted by molar-refractivity contribution is 14.1. The van der Waals surface area contributed by atoms with Gasteiger partial charge in [-0.1, -0.05) is 22.6 Å². The van der Waals surface area contributed by atoms with Gasteiger partial charge in [0.1, 0.15) is 0 Å². The predicted octanol–water partition coefficient (Wildman–Crippen LogP) is 2.22. The van der Waals surface area contributed by atoms with Crippen LogP contribution in [0.25, 0.3) is 0 Å². The minimum absolute atomic E-state index is 1.07. The Balaban J connectivity index is 2.78. The van der Waals surface area contributed by atoms with Gasteiger partial charge in [0, 0.05) is 10.8 Å². The number of hydrogen-bond acceptors (Lipinski definition) is 0. The van der Waals surface area contributed by atoms with E-state index in [-0.39, 0.29) is 0 Å². The van der Waals surface area contributed by atoms with E-state index in [1.165, 1.54) is 10.8 Å². The third kappa shape index (κ3) is 6.29. The van der Waals surface area contributed by atoms with Crippen molar-refractivity contribution >= 4 is 22.6 Å². The van der Waals surface area contributed by atoms with E-state index in [0.717, 1.165) is 6.42 Å². The zero-order valence-electron chi connectivity index (χ0n) is 4.50. The molecule has 1 heteroatoms. The molecule has 7 heavy (non-hydrogen) atoms. The molecule has 0 atom stereocenters. The van der Waals surface area contributed by atoms with Gasteiger partial charge in [0.25, 0.3) is 0 Å². The highest BCUT2D eigenvalue weighted by atomic mass is 127. The largest absolute Gasteiger partial charge is 0.107 e. The summed E-state index contributed by atoms with van der Waals surface area (Å²) in [5.41, 5.74) is 0. The quantitative estimate of drug-likeness (QED) is 0.282. The van der Waals surface area contributed by atoms with Crippen molar-refractivity contribution in [1.29, 1.82) is 0 Å². The van der Waals surface area contributed by atoms with Gasteiger partial charge in [0.2, 0.25) is 0 Å². The molecule has 40 valence electrons. The second-order valence-electron chi connectivity index (χ2n) is 1.22. The average Bonchev–Trinajstić information content (AvgIpc) is 1.69. The van der Waals surface area contributed by atoms with Crippen LogP contribution in [0.15, 0.2) is 0 Å². The summed E-state index contributed by atoms with van der Waals surface area (Å²) >= 11 is 2.36. The Labute approximate surface area is 58.8 Å². The Bertz CT molecular complexity index is 75.9. The van der Waals surface area contributed by atoms with E-state index in [1.807, 2.05) is 6.92 Å². The van der Waals surface area contributed by atoms with Crippen LogP contribution < -0.4 is 0 Å². The first-order valence-corrected chi connectivity index (χ1v) is 3.90. The summed E-state index contributed by atoms with van der Waals surface area (Å²) in [6.45, 7) is 1.88. The van der Waals surface area contributed by atoms with E-state index in [9.17, 15) is 0 Å². The van der Waals surface area contributed by atoms with Crippen molar-refractivity contribution in [2.45, 2.75) is 19.8 Å². The summed E-state index contributed by atoms with van der Waals surface area (Å²) in [5.74, 6) is 5.84. The zero-order chi connectivity index (χ0) is 5.54. The molecule has 0 aliphatic carbocycles. The molecular formula is C6H9I. The zero-order valence-corrected chi connectivity index (χ0v) is 6.66. The van der Waals surface area contributed by atoms with Crippen LogP contribution >= 0.6 is 22.6 Å². The SMILES string of the molecule is CC#CCCCI. The molecule has 0 N–H and O–H groups in total. The molecule has 0 amide bonds. The number of halogens is 1. The maximum Gasteiger partial charge on any atom is 0.00958 e. The fourth-order valence-corrected chi connectivity index (χ4v) is 0.662. The first-order chi connectivity index (χ1) is 3.41. The molecule has 0 aromatic heterocycles. The smallest absolute Gasteiger partial charge is 0.00958 e. The predicted molar refractivity (Wildman–Crippen MR) is 41.6 cm³/mol. The molecule has 0 rings (SSSR count). The molecule has 0 aromatic rings. The van der Waals surface area contributed by atoms with Crippen LogP contribution in [0.5, 0.6) is 0 Å². The number of alkyl halides is 1. The Morgan fingerprint density at radius 2 is 2.29 bits per heavy atom. The third-order valence-electron chi connectivity index (χ3n) is 0.612. The Hall–Kier alpha value is 0.290. The summed E-state index contributed by atoms with van der Waals surface area (Å²) in [4.78, 5) is 0. The molecule has 0 bridgehead atoms. The lowest BCUT2D eigenvalue weighted by atomic mass is 10.3. The molecule has 0 radical (unpaired) electrons. The second kappa shape index (κ2) is 6.29. The van der Waals surface area contributed by atoms with Crippen molar-refractivity contribution in [3.05, 3.63) is 0 Å². The highest BCUT2D eigenvalue weighted by Crippen LogP contribution is 1.91. The summed E-state index contributed by atoms with van der Waals surface area (Å²) in [5, 5.41) is 0. The van der Waals surface area contributed by atoms with Crippen molar-refractivity contribution in [2.24, 2.45) is 0 Å². The van der Waals surface area contributed by atoms with Gasteiger partial charge in [-0.3, -0.25) is 0 Å². The van der Waals surface area contributed by atoms with Crippen LogP contribution in [-0.2, 0) is 0 Å². The molecule has 0 aromatic carbocycles. The molecule has 0 fully saturated rings. The van der Waals surface area contributed by atoms with E-state index in [0.29, 0.717) is 0 Å². The van der Waals surface area contributed by atoms with Gasteiger partial charge in [-0.15, -0.1) is 11.8 Å². The van der Waals surface area contributed by atoms with Crippen molar-refractivity contribution in [1.82, 2.24) is 0 Å². The van der Waals surface area contributed by atoms with Gasteiger partial charge < -0.3 is 0 Å². The van der Waals surface area contributed by atoms with Gasteiger partial charge in [-0.2, -0.15) is 0 Å². The lowest BCUT2D eigenvalue weighted by Gasteiger charge is -1.79. The fourth-order valence-electron chi connectivity index (χ4n) is 0.280. The van der Waals surface area contributed by atoms with Crippen LogP contribution in [0.3, 0.4) is 0 Å². The molecule has 0 aliphatic heterocycles. The first-order valence-electron chi connectivity index (χ1n) is 2.37. The molecule has 0 heterocycles. The van der Waals surface area contributed by atoms with Crippen LogP contribution in [-0.4, -0.2) is 4.43 Å². The topological polar surface area (TPSA) is 0 Å². The molecule has 0 unspecified atom stereocenters. The Kier molecular flexibility index (Phi) is 6.55. The second-order valence-corrected chi connectivity index (χ2v) is 2.30. The molecule has 0 spiro atoms. The lowest BCUT2D eigenvalue weighted by Crippen LogP contribution is -1.68. The maximum atomic E-state index is 2.99. The minimum Gasteiger partial charge on any atom is -0.107 e. The van der Waals surface area contributed by atoms with Crippen molar-refractivity contribution in [2.75, 3.05) is 4.43 Å². The van der Waals surface area contributed by atoms with E-state index in [1.54, 1.807) is 0 Å². The molecule has 0 aliphatic rings. The fraction of sp³-hybridized carbons (Fsp3) is 0.667. The monoisotopic (exact) mass is 208 g/mol. The van der Waals surface area contributed by atoms with Gasteiger partial charge in [-0.25, -0.2) is 0 Å². The van der Waals surface area contributed by atoms with E-state index in [4.69, 9.17) is 0 Å². The van der Waals surface area contributed by atoms with Gasteiger partial charge >= 0.3 is 0 Å². The normalized spacial score (nSPS) is 7.14. The summed E-state index contributed by atoms with van der Waals surface area (Å²) in [6.07, 6.45) is 2.31. The van der Waals surface area contributed by atoms with E-state index in [2.05, 4.69) is 34.4 Å². The van der Waals surface area contributed by atoms with E-state index < -0.39 is 0 Å². The van der Waals surface area contributed by atoms with E-state index >= 15 is 0 Å². The molecule has 0 saturated carbocycles.